The molecule has 0 spiro atoms. The Bertz CT molecular complexity index is 699. The molecule has 7 heteroatoms. The van der Waals surface area contributed by atoms with Gasteiger partial charge in [0.05, 0.1) is 24.5 Å². The van der Waals surface area contributed by atoms with Crippen molar-refractivity contribution in [1.29, 1.82) is 0 Å². The largest absolute Gasteiger partial charge is 0.331 e. The minimum atomic E-state index is -0.0987. The molecule has 0 bridgehead atoms. The van der Waals surface area contributed by atoms with E-state index in [2.05, 4.69) is 20.8 Å². The highest BCUT2D eigenvalue weighted by Crippen LogP contribution is 2.31. The molecule has 0 unspecified atom stereocenters. The molecule has 2 aliphatic carbocycles. The average molecular weight is 328 g/mol. The minimum absolute atomic E-state index is 0.0550. The molecule has 0 saturated heterocycles. The van der Waals surface area contributed by atoms with Crippen LogP contribution in [0.15, 0.2) is 12.4 Å². The van der Waals surface area contributed by atoms with Gasteiger partial charge < -0.3 is 10.6 Å². The second-order valence-electron chi connectivity index (χ2n) is 6.85. The quantitative estimate of drug-likeness (QED) is 0.884. The zero-order chi connectivity index (χ0) is 16.7. The van der Waals surface area contributed by atoms with Gasteiger partial charge in [0.15, 0.2) is 0 Å². The van der Waals surface area contributed by atoms with Crippen molar-refractivity contribution in [1.82, 2.24) is 30.2 Å². The minimum Gasteiger partial charge on any atom is -0.331 e. The van der Waals surface area contributed by atoms with Crippen molar-refractivity contribution in [3.8, 4) is 0 Å². The maximum absolute atomic E-state index is 12.5. The van der Waals surface area contributed by atoms with Crippen LogP contribution >= 0.6 is 0 Å². The number of aromatic nitrogens is 4. The first-order valence-corrected chi connectivity index (χ1v) is 8.72. The summed E-state index contributed by atoms with van der Waals surface area (Å²) in [4.78, 5) is 12.5. The molecule has 2 N–H and O–H groups in total. The van der Waals surface area contributed by atoms with Crippen LogP contribution in [0.2, 0.25) is 0 Å². The number of hydrogen-bond acceptors (Lipinski definition) is 3. The van der Waals surface area contributed by atoms with Gasteiger partial charge in [-0.25, -0.2) is 4.79 Å². The zero-order valence-corrected chi connectivity index (χ0v) is 14.2. The van der Waals surface area contributed by atoms with E-state index in [1.54, 1.807) is 0 Å². The molecule has 7 nitrogen and oxygen atoms in total. The number of urea groups is 1. The Morgan fingerprint density at radius 3 is 1.88 bits per heavy atom. The molecule has 2 amide bonds. The van der Waals surface area contributed by atoms with Crippen LogP contribution in [0.3, 0.4) is 0 Å². The maximum atomic E-state index is 12.5. The molecular formula is C17H24N6O. The van der Waals surface area contributed by atoms with Crippen molar-refractivity contribution in [3.63, 3.8) is 0 Å². The molecule has 2 aromatic heterocycles. The first-order chi connectivity index (χ1) is 11.6. The fraction of sp³-hybridized carbons (Fsp3) is 0.588. The summed E-state index contributed by atoms with van der Waals surface area (Å²) in [6.07, 6.45) is 9.93. The molecule has 2 aromatic rings. The number of amides is 2. The van der Waals surface area contributed by atoms with Crippen LogP contribution in [-0.4, -0.2) is 25.6 Å². The van der Waals surface area contributed by atoms with Crippen molar-refractivity contribution in [3.05, 3.63) is 34.9 Å². The summed E-state index contributed by atoms with van der Waals surface area (Å²) in [7, 11) is 3.93. The molecule has 24 heavy (non-hydrogen) atoms. The molecule has 0 fully saturated rings. The fourth-order valence-electron chi connectivity index (χ4n) is 4.07. The number of rotatable bonds is 2. The number of fused-ring (bicyclic) bond motifs is 2. The number of nitrogens with one attached hydrogen (secondary N) is 2. The number of carbonyl (C=O) groups is 1. The Morgan fingerprint density at radius 2 is 1.42 bits per heavy atom. The molecule has 0 aromatic carbocycles. The van der Waals surface area contributed by atoms with Gasteiger partial charge in [0.2, 0.25) is 0 Å². The Labute approximate surface area is 141 Å². The molecule has 128 valence electrons. The molecular weight excluding hydrogens is 304 g/mol. The lowest BCUT2D eigenvalue weighted by Gasteiger charge is -2.27. The normalized spacial score (nSPS) is 22.6. The van der Waals surface area contributed by atoms with Gasteiger partial charge in [-0.3, -0.25) is 9.36 Å². The van der Waals surface area contributed by atoms with Crippen molar-refractivity contribution in [2.75, 3.05) is 0 Å². The lowest BCUT2D eigenvalue weighted by Crippen LogP contribution is -2.41. The van der Waals surface area contributed by atoms with E-state index in [9.17, 15) is 4.79 Å². The van der Waals surface area contributed by atoms with E-state index in [0.717, 1.165) is 49.7 Å². The standard InChI is InChI=1S/C17H24N6O/c1-22-15-7-3-5-13(11(15)9-18-22)20-17(24)21-14-6-4-8-16-12(14)10-19-23(16)2/h9-10,13-14H,3-8H2,1-2H3,(H2,20,21,24)/t13-,14-/m0/s1. The van der Waals surface area contributed by atoms with E-state index in [-0.39, 0.29) is 18.1 Å². The molecule has 2 aliphatic rings. The predicted octanol–water partition coefficient (Wildman–Crippen LogP) is 1.91. The Balaban J connectivity index is 1.45. The third-order valence-electron chi connectivity index (χ3n) is 5.36. The zero-order valence-electron chi connectivity index (χ0n) is 14.2. The third kappa shape index (κ3) is 2.57. The van der Waals surface area contributed by atoms with Crippen LogP contribution in [0.25, 0.3) is 0 Å². The van der Waals surface area contributed by atoms with Gasteiger partial charge in [0.25, 0.3) is 0 Å². The number of hydrogen-bond donors (Lipinski definition) is 2. The molecule has 0 aliphatic heterocycles. The summed E-state index contributed by atoms with van der Waals surface area (Å²) in [5.41, 5.74) is 4.78. The topological polar surface area (TPSA) is 76.8 Å². The van der Waals surface area contributed by atoms with Crippen molar-refractivity contribution < 1.29 is 4.79 Å². The summed E-state index contributed by atoms with van der Waals surface area (Å²) in [6, 6.07) is 0.0113. The van der Waals surface area contributed by atoms with E-state index < -0.39 is 0 Å². The smallest absolute Gasteiger partial charge is 0.315 e. The van der Waals surface area contributed by atoms with Crippen LogP contribution < -0.4 is 10.6 Å². The highest BCUT2D eigenvalue weighted by molar-refractivity contribution is 5.75. The van der Waals surface area contributed by atoms with Gasteiger partial charge >= 0.3 is 6.03 Å². The highest BCUT2D eigenvalue weighted by atomic mass is 16.2. The monoisotopic (exact) mass is 328 g/mol. The van der Waals surface area contributed by atoms with Crippen molar-refractivity contribution >= 4 is 6.03 Å². The highest BCUT2D eigenvalue weighted by Gasteiger charge is 2.28. The SMILES string of the molecule is Cn1ncc2c1CCC[C@@H]2NC(=O)N[C@H]1CCCc2c1cnn2C. The fourth-order valence-corrected chi connectivity index (χ4v) is 4.07. The second-order valence-corrected chi connectivity index (χ2v) is 6.85. The Kier molecular flexibility index (Phi) is 3.78. The first-order valence-electron chi connectivity index (χ1n) is 8.72. The average Bonchev–Trinajstić information content (AvgIpc) is 3.13. The van der Waals surface area contributed by atoms with Crippen LogP contribution in [0.4, 0.5) is 4.79 Å². The molecule has 0 saturated carbocycles. The molecule has 0 radical (unpaired) electrons. The van der Waals surface area contributed by atoms with Gasteiger partial charge in [-0.15, -0.1) is 0 Å². The lowest BCUT2D eigenvalue weighted by atomic mass is 9.92. The summed E-state index contributed by atoms with van der Waals surface area (Å²) in [6.45, 7) is 0. The summed E-state index contributed by atoms with van der Waals surface area (Å²) < 4.78 is 3.84. The number of aryl methyl sites for hydroxylation is 2. The first kappa shape index (κ1) is 15.2. The lowest BCUT2D eigenvalue weighted by molar-refractivity contribution is 0.230. The van der Waals surface area contributed by atoms with Gasteiger partial charge in [-0.05, 0) is 38.5 Å². The molecule has 2 atom stereocenters. The van der Waals surface area contributed by atoms with Crippen molar-refractivity contribution in [2.45, 2.75) is 50.6 Å². The van der Waals surface area contributed by atoms with Crippen LogP contribution in [0.1, 0.15) is 60.3 Å². The van der Waals surface area contributed by atoms with Gasteiger partial charge in [-0.1, -0.05) is 0 Å². The number of carbonyl (C=O) groups excluding carboxylic acids is 1. The number of nitrogens with zero attached hydrogens (tertiary/aromatic N) is 4. The van der Waals surface area contributed by atoms with E-state index in [1.807, 2.05) is 35.9 Å². The Hall–Kier alpha value is -2.31. The van der Waals surface area contributed by atoms with Crippen LogP contribution in [0, 0.1) is 0 Å². The summed E-state index contributed by atoms with van der Waals surface area (Å²) in [5.74, 6) is 0. The van der Waals surface area contributed by atoms with E-state index >= 15 is 0 Å². The predicted molar refractivity (Wildman–Crippen MR) is 89.4 cm³/mol. The van der Waals surface area contributed by atoms with E-state index in [4.69, 9.17) is 0 Å². The van der Waals surface area contributed by atoms with Gasteiger partial charge in [0, 0.05) is 36.6 Å². The van der Waals surface area contributed by atoms with Crippen LogP contribution in [-0.2, 0) is 26.9 Å². The van der Waals surface area contributed by atoms with Crippen LogP contribution in [0.5, 0.6) is 0 Å². The Morgan fingerprint density at radius 1 is 0.958 bits per heavy atom. The van der Waals surface area contributed by atoms with Gasteiger partial charge in [0.1, 0.15) is 0 Å². The van der Waals surface area contributed by atoms with Gasteiger partial charge in [-0.2, -0.15) is 10.2 Å². The summed E-state index contributed by atoms with van der Waals surface area (Å²) in [5, 5.41) is 15.0. The molecule has 2 heterocycles. The van der Waals surface area contributed by atoms with E-state index in [0.29, 0.717) is 0 Å². The van der Waals surface area contributed by atoms with Crippen molar-refractivity contribution in [2.24, 2.45) is 14.1 Å². The van der Waals surface area contributed by atoms with E-state index in [1.165, 1.54) is 11.4 Å². The maximum Gasteiger partial charge on any atom is 0.315 e. The third-order valence-corrected chi connectivity index (χ3v) is 5.36. The second kappa shape index (κ2) is 5.96. The summed E-state index contributed by atoms with van der Waals surface area (Å²) >= 11 is 0. The molecule has 4 rings (SSSR count).